The maximum Gasteiger partial charge on any atom is 0.446 e. The molecule has 0 radical (unpaired) electrons. The Hall–Kier alpha value is -0.790. The van der Waals surface area contributed by atoms with E-state index in [1.807, 2.05) is 44.2 Å². The standard InChI is InChI=1S/C25H41B2NO4S/c1-21(2)19-26(30-23(21,5)6)27-31-24(7,8)25(9,32-27)17-16-22(3,4)33(29)28-18-15-20-13-11-10-12-14-20/h10-14,18H,15-17,19H2,1-9H3/b28-18+/t25?,33-/m1/s1. The second-order valence-electron chi connectivity index (χ2n) is 12.1. The highest BCUT2D eigenvalue weighted by Gasteiger charge is 2.63. The lowest BCUT2D eigenvalue weighted by atomic mass is 9.33. The normalized spacial score (nSPS) is 27.5. The fraction of sp³-hybridized carbons (Fsp3) is 0.720. The Morgan fingerprint density at radius 3 is 2.21 bits per heavy atom. The lowest BCUT2D eigenvalue weighted by molar-refractivity contribution is -0.0182. The maximum atomic E-state index is 13.0. The van der Waals surface area contributed by atoms with E-state index < -0.39 is 34.3 Å². The van der Waals surface area contributed by atoms with Gasteiger partial charge in [0, 0.05) is 18.4 Å². The van der Waals surface area contributed by atoms with Crippen LogP contribution in [-0.4, -0.2) is 46.1 Å². The minimum absolute atomic E-state index is 0.0458. The first-order valence-corrected chi connectivity index (χ1v) is 13.2. The van der Waals surface area contributed by atoms with Crippen LogP contribution in [0.4, 0.5) is 0 Å². The van der Waals surface area contributed by atoms with E-state index in [-0.39, 0.29) is 17.8 Å². The zero-order chi connectivity index (χ0) is 24.7. The topological polar surface area (TPSA) is 63.1 Å². The van der Waals surface area contributed by atoms with E-state index in [0.717, 1.165) is 18.3 Å². The van der Waals surface area contributed by atoms with Gasteiger partial charge in [-0.25, -0.2) is 0 Å². The van der Waals surface area contributed by atoms with Gasteiger partial charge >= 0.3 is 13.8 Å². The molecule has 0 saturated carbocycles. The van der Waals surface area contributed by atoms with Crippen molar-refractivity contribution in [3.63, 3.8) is 0 Å². The van der Waals surface area contributed by atoms with Crippen molar-refractivity contribution >= 4 is 31.4 Å². The van der Waals surface area contributed by atoms with Gasteiger partial charge in [0.2, 0.25) is 0 Å². The van der Waals surface area contributed by atoms with Crippen LogP contribution in [0.5, 0.6) is 0 Å². The minimum atomic E-state index is -1.33. The van der Waals surface area contributed by atoms with Crippen LogP contribution in [0.25, 0.3) is 0 Å². The highest BCUT2D eigenvalue weighted by atomic mass is 32.2. The SMILES string of the molecule is CC(C)(CCC1(C)OB(B2CC(C)(C)C(C)(C)O2)OC1(C)C)[S@@+]([O-])/N=C/Cc1ccccc1. The van der Waals surface area contributed by atoms with Crippen molar-refractivity contribution in [2.24, 2.45) is 9.81 Å². The summed E-state index contributed by atoms with van der Waals surface area (Å²) in [6.45, 7) is 19.0. The van der Waals surface area contributed by atoms with Crippen molar-refractivity contribution in [2.45, 2.75) is 109 Å². The van der Waals surface area contributed by atoms with E-state index in [2.05, 4.69) is 52.9 Å². The molecule has 0 aliphatic carbocycles. The average molecular weight is 473 g/mol. The van der Waals surface area contributed by atoms with Crippen molar-refractivity contribution in [3.8, 4) is 0 Å². The third-order valence-corrected chi connectivity index (χ3v) is 9.66. The molecule has 1 aromatic carbocycles. The minimum Gasteiger partial charge on any atom is -0.591 e. The molecule has 0 amide bonds. The van der Waals surface area contributed by atoms with E-state index in [0.29, 0.717) is 12.8 Å². The number of nitrogens with zero attached hydrogens (tertiary/aromatic N) is 1. The lowest BCUT2D eigenvalue weighted by Gasteiger charge is -2.38. The summed E-state index contributed by atoms with van der Waals surface area (Å²) in [7, 11) is -0.399. The van der Waals surface area contributed by atoms with Gasteiger partial charge < -0.3 is 18.5 Å². The zero-order valence-corrected chi connectivity index (χ0v) is 22.8. The molecular weight excluding hydrogens is 432 g/mol. The third kappa shape index (κ3) is 5.72. The Morgan fingerprint density at radius 2 is 1.64 bits per heavy atom. The zero-order valence-electron chi connectivity index (χ0n) is 21.9. The predicted octanol–water partition coefficient (Wildman–Crippen LogP) is 5.50. The summed E-state index contributed by atoms with van der Waals surface area (Å²) in [5.74, 6) is 0. The second-order valence-corrected chi connectivity index (χ2v) is 13.9. The van der Waals surface area contributed by atoms with Crippen LogP contribution < -0.4 is 0 Å². The molecule has 0 bridgehead atoms. The van der Waals surface area contributed by atoms with Crippen LogP contribution in [0.2, 0.25) is 6.32 Å². The molecule has 2 fully saturated rings. The average Bonchev–Trinajstić information content (AvgIpc) is 3.08. The summed E-state index contributed by atoms with van der Waals surface area (Å²) >= 11 is -1.33. The number of hydrogen-bond acceptors (Lipinski definition) is 5. The van der Waals surface area contributed by atoms with Crippen LogP contribution in [-0.2, 0) is 31.7 Å². The molecule has 8 heteroatoms. The van der Waals surface area contributed by atoms with Gasteiger partial charge in [-0.15, -0.1) is 0 Å². The predicted molar refractivity (Wildman–Crippen MR) is 140 cm³/mol. The molecule has 2 aliphatic rings. The molecule has 3 rings (SSSR count). The summed E-state index contributed by atoms with van der Waals surface area (Å²) < 4.78 is 36.2. The Morgan fingerprint density at radius 1 is 1.00 bits per heavy atom. The molecule has 182 valence electrons. The third-order valence-electron chi connectivity index (χ3n) is 8.17. The van der Waals surface area contributed by atoms with E-state index in [9.17, 15) is 4.55 Å². The first-order valence-electron chi connectivity index (χ1n) is 12.1. The van der Waals surface area contributed by atoms with Crippen LogP contribution in [0.3, 0.4) is 0 Å². The van der Waals surface area contributed by atoms with Crippen LogP contribution in [0.15, 0.2) is 34.7 Å². The van der Waals surface area contributed by atoms with E-state index in [1.165, 1.54) is 0 Å². The quantitative estimate of drug-likeness (QED) is 0.284. The number of rotatable bonds is 8. The summed E-state index contributed by atoms with van der Waals surface area (Å²) in [6.07, 6.45) is 4.78. The first kappa shape index (κ1) is 26.8. The van der Waals surface area contributed by atoms with Crippen molar-refractivity contribution in [1.29, 1.82) is 0 Å². The lowest BCUT2D eigenvalue weighted by Crippen LogP contribution is -2.46. The van der Waals surface area contributed by atoms with Gasteiger partial charge in [0.1, 0.15) is 16.1 Å². The molecule has 0 aromatic heterocycles. The molecule has 1 unspecified atom stereocenters. The van der Waals surface area contributed by atoms with Crippen molar-refractivity contribution in [3.05, 3.63) is 35.9 Å². The van der Waals surface area contributed by atoms with Gasteiger partial charge in [-0.05, 0) is 72.2 Å². The Kier molecular flexibility index (Phi) is 7.59. The number of hydrogen-bond donors (Lipinski definition) is 0. The molecule has 33 heavy (non-hydrogen) atoms. The van der Waals surface area contributed by atoms with Crippen LogP contribution >= 0.6 is 0 Å². The first-order chi connectivity index (χ1) is 15.1. The fourth-order valence-corrected chi connectivity index (χ4v) is 5.20. The van der Waals surface area contributed by atoms with Crippen molar-refractivity contribution < 1.29 is 18.5 Å². The van der Waals surface area contributed by atoms with Crippen molar-refractivity contribution in [2.75, 3.05) is 0 Å². The Bertz CT molecular complexity index is 830. The maximum absolute atomic E-state index is 13.0. The largest absolute Gasteiger partial charge is 0.591 e. The Labute approximate surface area is 205 Å². The molecule has 2 aliphatic heterocycles. The van der Waals surface area contributed by atoms with Crippen LogP contribution in [0.1, 0.15) is 80.7 Å². The van der Waals surface area contributed by atoms with Gasteiger partial charge in [0.05, 0.1) is 17.4 Å². The van der Waals surface area contributed by atoms with Gasteiger partial charge in [-0.1, -0.05) is 48.6 Å². The van der Waals surface area contributed by atoms with Gasteiger partial charge in [-0.3, -0.25) is 0 Å². The highest BCUT2D eigenvalue weighted by molar-refractivity contribution is 7.91. The van der Waals surface area contributed by atoms with E-state index in [1.54, 1.807) is 6.21 Å². The smallest absolute Gasteiger partial charge is 0.446 e. The second kappa shape index (κ2) is 9.34. The molecular formula is C25H41B2NO4S. The molecule has 0 spiro atoms. The molecule has 1 aromatic rings. The highest BCUT2D eigenvalue weighted by Crippen LogP contribution is 2.49. The van der Waals surface area contributed by atoms with Crippen molar-refractivity contribution in [1.82, 2.24) is 0 Å². The van der Waals surface area contributed by atoms with Gasteiger partial charge in [0.25, 0.3) is 0 Å². The summed E-state index contributed by atoms with van der Waals surface area (Å²) in [5.41, 5.74) is -0.0126. The molecule has 2 atom stereocenters. The Balaban J connectivity index is 1.60. The monoisotopic (exact) mass is 473 g/mol. The summed E-state index contributed by atoms with van der Waals surface area (Å²) in [6, 6.07) is 10.1. The van der Waals surface area contributed by atoms with E-state index >= 15 is 0 Å². The molecule has 2 saturated heterocycles. The van der Waals surface area contributed by atoms with Crippen LogP contribution in [0, 0.1) is 5.41 Å². The van der Waals surface area contributed by atoms with Gasteiger partial charge in [0.15, 0.2) is 0 Å². The number of benzene rings is 1. The fourth-order valence-electron chi connectivity index (χ4n) is 4.42. The summed E-state index contributed by atoms with van der Waals surface area (Å²) in [4.78, 5) is 0. The van der Waals surface area contributed by atoms with Gasteiger partial charge in [-0.2, -0.15) is 0 Å². The van der Waals surface area contributed by atoms with E-state index in [4.69, 9.17) is 14.0 Å². The molecule has 2 heterocycles. The molecule has 5 nitrogen and oxygen atoms in total. The molecule has 0 N–H and O–H groups in total. The summed E-state index contributed by atoms with van der Waals surface area (Å²) in [5, 5.41) is 0.